The lowest BCUT2D eigenvalue weighted by atomic mass is 10.0. The lowest BCUT2D eigenvalue weighted by Gasteiger charge is -2.30. The van der Waals surface area contributed by atoms with Gasteiger partial charge >= 0.3 is 11.9 Å². The number of aliphatic hydroxyl groups excluding tert-OH is 1. The number of nitrogens with zero attached hydrogens (tertiary/aromatic N) is 6. The van der Waals surface area contributed by atoms with Crippen molar-refractivity contribution in [3.8, 4) is 0 Å². The molecule has 0 unspecified atom stereocenters. The van der Waals surface area contributed by atoms with Gasteiger partial charge in [-0.1, -0.05) is 13.8 Å². The number of likely N-dealkylation sites (tertiary alicyclic amines) is 2. The van der Waals surface area contributed by atoms with Crippen molar-refractivity contribution < 1.29 is 77.6 Å². The number of aliphatic imine (C=N–C) groups is 4. The van der Waals surface area contributed by atoms with Gasteiger partial charge in [-0.05, 0) is 104 Å². The molecular formula is C55H98N24O16. The van der Waals surface area contributed by atoms with Crippen LogP contribution in [0.5, 0.6) is 0 Å². The molecule has 40 nitrogen and oxygen atoms in total. The summed E-state index contributed by atoms with van der Waals surface area (Å²) in [5.74, 6) is -14.6. The van der Waals surface area contributed by atoms with Crippen molar-refractivity contribution in [2.45, 2.75) is 191 Å². The zero-order valence-corrected chi connectivity index (χ0v) is 54.2. The molecule has 11 amide bonds. The Kier molecular flexibility index (Phi) is 35.0. The van der Waals surface area contributed by atoms with Crippen molar-refractivity contribution in [2.24, 2.45) is 77.5 Å². The summed E-state index contributed by atoms with van der Waals surface area (Å²) in [5.41, 5.74) is 49.6. The topological polar surface area (TPSA) is 681 Å². The molecule has 30 N–H and O–H groups in total. The van der Waals surface area contributed by atoms with E-state index in [0.717, 1.165) is 6.92 Å². The molecule has 0 spiro atoms. The van der Waals surface area contributed by atoms with E-state index in [1.807, 2.05) is 0 Å². The lowest BCUT2D eigenvalue weighted by molar-refractivity contribution is -0.143. The fraction of sp³-hybridized carbons (Fsp3) is 0.691. The van der Waals surface area contributed by atoms with Crippen molar-refractivity contribution in [1.29, 1.82) is 0 Å². The zero-order chi connectivity index (χ0) is 71.8. The Morgan fingerprint density at radius 3 is 1.19 bits per heavy atom. The van der Waals surface area contributed by atoms with Crippen LogP contribution in [0.1, 0.15) is 118 Å². The molecule has 0 aromatic rings. The number of nitrogens with two attached hydrogens (primary N) is 9. The first kappa shape index (κ1) is 81.2. The van der Waals surface area contributed by atoms with E-state index >= 15 is 0 Å². The second kappa shape index (κ2) is 41.0. The zero-order valence-electron chi connectivity index (χ0n) is 54.2. The van der Waals surface area contributed by atoms with Crippen LogP contribution in [0.2, 0.25) is 0 Å². The number of amides is 11. The highest BCUT2D eigenvalue weighted by Crippen LogP contribution is 2.22. The molecule has 0 aromatic carbocycles. The highest BCUT2D eigenvalue weighted by Gasteiger charge is 2.42. The molecule has 534 valence electrons. The Hall–Kier alpha value is -9.89. The quantitative estimate of drug-likeness (QED) is 0.0154. The normalized spacial score (nSPS) is 17.3. The standard InChI is InChI=1S/C55H98N24O16/c1-26(2)39(77-40(83)27(3)69-46(89)36-16-10-22-78(36)49(92)28(4)70-47(90)37-17-11-23-79(37)50(93)30(56)12-6-18-65-52(57)58)48(91)74-33(15-9-21-68-55(63)64)42(85)72-32(14-8-20-67-54(61)62)43(86)76-35(25-80)45(88)75-34(24-38(81)82)44(87)73-31(13-7-19-66-53(59)60)41(84)71-29(5)51(94)95/h26-37,39,80H,6-25,56H2,1-5H3,(H,69,89)(H,70,90)(H,71,84)(H,72,85)(H,73,87)(H,74,91)(H,75,88)(H,76,86)(H,77,83)(H,81,82)(H,94,95)(H4,57,58,65)(H4,59,60,66)(H4,61,62,67)(H4,63,64,68)/t27-,28-,29-,30-,31-,32-,33-,34-,35-,36-,37-,39-/m0/s1. The molecule has 12 atom stereocenters. The first-order chi connectivity index (χ1) is 44.6. The minimum Gasteiger partial charge on any atom is -0.481 e. The highest BCUT2D eigenvalue weighted by molar-refractivity contribution is 6.00. The number of carbonyl (C=O) groups excluding carboxylic acids is 11. The monoisotopic (exact) mass is 1350 g/mol. The van der Waals surface area contributed by atoms with Crippen LogP contribution in [0.15, 0.2) is 20.0 Å². The summed E-state index contributed by atoms with van der Waals surface area (Å²) in [7, 11) is 0. The molecule has 2 heterocycles. The summed E-state index contributed by atoms with van der Waals surface area (Å²) in [5, 5.41) is 51.2. The maximum atomic E-state index is 14.4. The molecule has 0 radical (unpaired) electrons. The van der Waals surface area contributed by atoms with Gasteiger partial charge in [0.1, 0.15) is 66.5 Å². The van der Waals surface area contributed by atoms with E-state index in [0.29, 0.717) is 25.7 Å². The molecule has 40 heteroatoms. The number of rotatable bonds is 41. The molecule has 0 saturated carbocycles. The third kappa shape index (κ3) is 28.9. The van der Waals surface area contributed by atoms with E-state index in [4.69, 9.17) is 51.6 Å². The Morgan fingerprint density at radius 1 is 0.432 bits per heavy atom. The Bertz CT molecular complexity index is 2810. The maximum absolute atomic E-state index is 14.4. The summed E-state index contributed by atoms with van der Waals surface area (Å²) in [4.78, 5) is 193. The number of carboxylic acids is 2. The van der Waals surface area contributed by atoms with E-state index in [9.17, 15) is 77.6 Å². The maximum Gasteiger partial charge on any atom is 0.325 e. The van der Waals surface area contributed by atoms with E-state index in [1.54, 1.807) is 13.8 Å². The van der Waals surface area contributed by atoms with Crippen molar-refractivity contribution >= 4 is 101 Å². The molecule has 0 bridgehead atoms. The van der Waals surface area contributed by atoms with Gasteiger partial charge in [0, 0.05) is 39.3 Å². The van der Waals surface area contributed by atoms with Crippen LogP contribution >= 0.6 is 0 Å². The summed E-state index contributed by atoms with van der Waals surface area (Å²) >= 11 is 0. The van der Waals surface area contributed by atoms with Crippen LogP contribution in [-0.2, 0) is 62.3 Å². The van der Waals surface area contributed by atoms with Crippen LogP contribution in [0.4, 0.5) is 0 Å². The predicted octanol–water partition coefficient (Wildman–Crippen LogP) is -9.86. The molecule has 2 rings (SSSR count). The number of carboxylic acid groups (broad SMARTS) is 2. The number of hydrogen-bond donors (Lipinski definition) is 21. The Balaban J connectivity index is 2.32. The second-order valence-electron chi connectivity index (χ2n) is 23.1. The second-order valence-corrected chi connectivity index (χ2v) is 23.1. The smallest absolute Gasteiger partial charge is 0.325 e. The van der Waals surface area contributed by atoms with Crippen molar-refractivity contribution in [1.82, 2.24) is 57.7 Å². The van der Waals surface area contributed by atoms with Crippen molar-refractivity contribution in [3.63, 3.8) is 0 Å². The molecule has 2 saturated heterocycles. The molecule has 2 aliphatic heterocycles. The largest absolute Gasteiger partial charge is 0.481 e. The van der Waals surface area contributed by atoms with E-state index in [2.05, 4.69) is 67.8 Å². The average Bonchev–Trinajstić information content (AvgIpc) is 1.76. The van der Waals surface area contributed by atoms with Gasteiger partial charge in [0.15, 0.2) is 23.8 Å². The fourth-order valence-electron chi connectivity index (χ4n) is 9.89. The molecule has 0 aliphatic carbocycles. The SMILES string of the molecule is CC(C)[C@H](NC(=O)[C@H](C)NC(=O)[C@@H]1CCCN1C(=O)[C@H](C)NC(=O)[C@@H]1CCCN1C(=O)[C@@H](N)CCCN=C(N)N)C(=O)N[C@@H](CCCN=C(N)N)C(=O)N[C@@H](CCCN=C(N)N)C(=O)N[C@@H](CO)C(=O)N[C@@H](CC(=O)O)C(=O)N[C@@H](CCCN=C(N)N)C(=O)N[C@@H](C)C(=O)O. The van der Waals surface area contributed by atoms with E-state index in [-0.39, 0.29) is 114 Å². The van der Waals surface area contributed by atoms with Crippen LogP contribution < -0.4 is 99.5 Å². The van der Waals surface area contributed by atoms with Gasteiger partial charge in [0.2, 0.25) is 65.0 Å². The third-order valence-corrected chi connectivity index (χ3v) is 15.0. The molecule has 2 aliphatic rings. The highest BCUT2D eigenvalue weighted by atomic mass is 16.4. The van der Waals surface area contributed by atoms with Crippen molar-refractivity contribution in [2.75, 3.05) is 45.9 Å². The average molecular weight is 1350 g/mol. The molecule has 2 fully saturated rings. The number of aliphatic hydroxyl groups is 1. The van der Waals surface area contributed by atoms with Gasteiger partial charge < -0.3 is 125 Å². The lowest BCUT2D eigenvalue weighted by Crippen LogP contribution is -2.61. The number of carbonyl (C=O) groups is 13. The van der Waals surface area contributed by atoms with Crippen molar-refractivity contribution in [3.05, 3.63) is 0 Å². The van der Waals surface area contributed by atoms with Crippen LogP contribution in [0.3, 0.4) is 0 Å². The Morgan fingerprint density at radius 2 is 0.789 bits per heavy atom. The van der Waals surface area contributed by atoms with Crippen LogP contribution in [-0.4, -0.2) is 244 Å². The van der Waals surface area contributed by atoms with Gasteiger partial charge in [-0.15, -0.1) is 0 Å². The van der Waals surface area contributed by atoms with Gasteiger partial charge in [0.25, 0.3) is 0 Å². The number of aliphatic carboxylic acids is 2. The van der Waals surface area contributed by atoms with Gasteiger partial charge in [0.05, 0.1) is 19.1 Å². The van der Waals surface area contributed by atoms with Gasteiger partial charge in [-0.25, -0.2) is 0 Å². The first-order valence-electron chi connectivity index (χ1n) is 31.0. The number of hydrogen-bond acceptors (Lipinski definition) is 19. The number of nitrogens with one attached hydrogen (secondary N) is 9. The Labute approximate surface area is 548 Å². The summed E-state index contributed by atoms with van der Waals surface area (Å²) in [6.07, 6.45) is 0.357. The first-order valence-corrected chi connectivity index (χ1v) is 31.0. The van der Waals surface area contributed by atoms with Crippen LogP contribution in [0.25, 0.3) is 0 Å². The number of guanidine groups is 4. The minimum atomic E-state index is -1.99. The summed E-state index contributed by atoms with van der Waals surface area (Å²) < 4.78 is 0. The molecular weight excluding hydrogens is 1250 g/mol. The minimum absolute atomic E-state index is 0.0187. The van der Waals surface area contributed by atoms with E-state index < -0.39 is 168 Å². The molecule has 0 aromatic heterocycles. The van der Waals surface area contributed by atoms with Gasteiger partial charge in [-0.3, -0.25) is 82.3 Å². The summed E-state index contributed by atoms with van der Waals surface area (Å²) in [6.45, 7) is 6.33. The summed E-state index contributed by atoms with van der Waals surface area (Å²) in [6, 6.07) is -16.8. The molecule has 95 heavy (non-hydrogen) atoms. The van der Waals surface area contributed by atoms with Crippen LogP contribution in [0, 0.1) is 5.92 Å². The van der Waals surface area contributed by atoms with Gasteiger partial charge in [-0.2, -0.15) is 0 Å². The fourth-order valence-corrected chi connectivity index (χ4v) is 9.89. The predicted molar refractivity (Wildman–Crippen MR) is 343 cm³/mol. The third-order valence-electron chi connectivity index (χ3n) is 15.0. The van der Waals surface area contributed by atoms with E-state index in [1.165, 1.54) is 23.6 Å².